The van der Waals surface area contributed by atoms with E-state index in [4.69, 9.17) is 21.1 Å². The molecular weight excluding hydrogens is 472 g/mol. The third-order valence-electron chi connectivity index (χ3n) is 6.24. The van der Waals surface area contributed by atoms with Crippen LogP contribution >= 0.6 is 11.6 Å². The zero-order valence-corrected chi connectivity index (χ0v) is 20.2. The fourth-order valence-corrected chi connectivity index (χ4v) is 4.60. The van der Waals surface area contributed by atoms with E-state index in [1.54, 1.807) is 41.6 Å². The highest BCUT2D eigenvalue weighted by Crippen LogP contribution is 2.28. The Morgan fingerprint density at radius 2 is 1.89 bits per heavy atom. The molecular formula is C25H31ClN4O5. The smallest absolute Gasteiger partial charge is 0.322 e. The first kappa shape index (κ1) is 25.4. The molecule has 9 nitrogen and oxygen atoms in total. The van der Waals surface area contributed by atoms with Crippen LogP contribution in [0.5, 0.6) is 0 Å². The van der Waals surface area contributed by atoms with Crippen molar-refractivity contribution in [2.24, 2.45) is 0 Å². The van der Waals surface area contributed by atoms with Crippen molar-refractivity contribution in [1.82, 2.24) is 15.2 Å². The van der Waals surface area contributed by atoms with Crippen LogP contribution in [0.25, 0.3) is 0 Å². The number of hydrogen-bond acceptors (Lipinski definition) is 6. The number of carbonyl (C=O) groups is 2. The summed E-state index contributed by atoms with van der Waals surface area (Å²) in [5, 5.41) is 16.7. The summed E-state index contributed by atoms with van der Waals surface area (Å²) in [7, 11) is 0. The van der Waals surface area contributed by atoms with Gasteiger partial charge in [-0.15, -0.1) is 0 Å². The van der Waals surface area contributed by atoms with Crippen LogP contribution in [0.4, 0.5) is 10.5 Å². The first-order chi connectivity index (χ1) is 17.0. The first-order valence-electron chi connectivity index (χ1n) is 11.9. The summed E-state index contributed by atoms with van der Waals surface area (Å²) in [6, 6.07) is 10.1. The third-order valence-corrected chi connectivity index (χ3v) is 6.49. The van der Waals surface area contributed by atoms with Crippen LogP contribution in [0, 0.1) is 0 Å². The van der Waals surface area contributed by atoms with E-state index in [1.807, 2.05) is 12.1 Å². The Bertz CT molecular complexity index is 978. The maximum absolute atomic E-state index is 13.1. The maximum Gasteiger partial charge on any atom is 0.322 e. The summed E-state index contributed by atoms with van der Waals surface area (Å²) in [6.45, 7) is 1.02. The van der Waals surface area contributed by atoms with Crippen LogP contribution in [0.2, 0.25) is 5.02 Å². The molecule has 0 spiro atoms. The van der Waals surface area contributed by atoms with Gasteiger partial charge in [-0.1, -0.05) is 11.6 Å². The van der Waals surface area contributed by atoms with Gasteiger partial charge in [-0.3, -0.25) is 9.78 Å². The van der Waals surface area contributed by atoms with E-state index in [9.17, 15) is 14.7 Å². The van der Waals surface area contributed by atoms with E-state index in [-0.39, 0.29) is 56.4 Å². The largest absolute Gasteiger partial charge is 0.389 e. The number of pyridine rings is 1. The Kier molecular flexibility index (Phi) is 8.92. The summed E-state index contributed by atoms with van der Waals surface area (Å²) in [5.74, 6) is -0.0676. The van der Waals surface area contributed by atoms with Gasteiger partial charge in [0, 0.05) is 29.6 Å². The first-order valence-corrected chi connectivity index (χ1v) is 12.3. The summed E-state index contributed by atoms with van der Waals surface area (Å²) in [6.07, 6.45) is 4.28. The van der Waals surface area contributed by atoms with E-state index < -0.39 is 6.10 Å². The molecule has 10 heteroatoms. The molecule has 2 fully saturated rings. The van der Waals surface area contributed by atoms with Gasteiger partial charge in [0.15, 0.2) is 0 Å². The Hall–Kier alpha value is -2.72. The molecule has 4 atom stereocenters. The van der Waals surface area contributed by atoms with E-state index in [0.29, 0.717) is 30.1 Å². The molecule has 2 aliphatic rings. The number of aromatic nitrogens is 1. The van der Waals surface area contributed by atoms with Gasteiger partial charge in [0.2, 0.25) is 5.91 Å². The predicted molar refractivity (Wildman–Crippen MR) is 131 cm³/mol. The monoisotopic (exact) mass is 502 g/mol. The van der Waals surface area contributed by atoms with Gasteiger partial charge in [-0.2, -0.15) is 0 Å². The molecule has 188 valence electrons. The highest BCUT2D eigenvalue weighted by atomic mass is 35.5. The number of halogens is 1. The number of aliphatic hydroxyl groups excluding tert-OH is 1. The van der Waals surface area contributed by atoms with Crippen molar-refractivity contribution in [2.45, 2.75) is 50.0 Å². The lowest BCUT2D eigenvalue weighted by Gasteiger charge is -2.44. The van der Waals surface area contributed by atoms with E-state index >= 15 is 0 Å². The number of anilines is 1. The van der Waals surface area contributed by atoms with E-state index in [0.717, 1.165) is 12.0 Å². The Labute approximate surface area is 209 Å². The Balaban J connectivity index is 1.32. The lowest BCUT2D eigenvalue weighted by molar-refractivity contribution is -0.149. The number of rotatable bonds is 6. The van der Waals surface area contributed by atoms with Crippen LogP contribution in [0.3, 0.4) is 0 Å². The maximum atomic E-state index is 13.1. The van der Waals surface area contributed by atoms with Crippen molar-refractivity contribution < 1.29 is 24.2 Å². The third kappa shape index (κ3) is 7.38. The molecule has 2 aromatic rings. The molecule has 35 heavy (non-hydrogen) atoms. The average Bonchev–Trinajstić information content (AvgIpc) is 2.84. The zero-order chi connectivity index (χ0) is 24.6. The van der Waals surface area contributed by atoms with Crippen molar-refractivity contribution in [3.8, 4) is 0 Å². The van der Waals surface area contributed by atoms with Gasteiger partial charge >= 0.3 is 6.03 Å². The lowest BCUT2D eigenvalue weighted by Crippen LogP contribution is -2.58. The molecule has 0 unspecified atom stereocenters. The van der Waals surface area contributed by atoms with Gasteiger partial charge in [-0.25, -0.2) is 4.79 Å². The number of ether oxygens (including phenoxy) is 2. The van der Waals surface area contributed by atoms with Crippen LogP contribution in [-0.2, 0) is 20.7 Å². The fraction of sp³-hybridized carbons (Fsp3) is 0.480. The summed E-state index contributed by atoms with van der Waals surface area (Å²) < 4.78 is 11.9. The number of fused-ring (bicyclic) bond motifs is 1. The van der Waals surface area contributed by atoms with Gasteiger partial charge in [0.05, 0.1) is 44.4 Å². The van der Waals surface area contributed by atoms with Crippen LogP contribution in [0.15, 0.2) is 48.8 Å². The number of benzene rings is 1. The highest BCUT2D eigenvalue weighted by molar-refractivity contribution is 6.30. The molecule has 1 aromatic heterocycles. The normalized spacial score (nSPS) is 24.6. The van der Waals surface area contributed by atoms with Gasteiger partial charge in [0.25, 0.3) is 0 Å². The summed E-state index contributed by atoms with van der Waals surface area (Å²) in [5.41, 5.74) is 1.73. The van der Waals surface area contributed by atoms with Crippen molar-refractivity contribution >= 4 is 29.2 Å². The average molecular weight is 503 g/mol. The minimum atomic E-state index is -0.796. The second-order valence-corrected chi connectivity index (χ2v) is 9.32. The van der Waals surface area contributed by atoms with Crippen LogP contribution in [0.1, 0.15) is 24.8 Å². The molecule has 2 aliphatic heterocycles. The van der Waals surface area contributed by atoms with Crippen molar-refractivity contribution in [3.63, 3.8) is 0 Å². The van der Waals surface area contributed by atoms with E-state index in [1.165, 1.54) is 0 Å². The molecule has 2 saturated heterocycles. The Morgan fingerprint density at radius 3 is 2.66 bits per heavy atom. The van der Waals surface area contributed by atoms with Gasteiger partial charge < -0.3 is 30.1 Å². The molecule has 3 N–H and O–H groups in total. The second kappa shape index (κ2) is 12.3. The van der Waals surface area contributed by atoms with Gasteiger partial charge in [0.1, 0.15) is 6.10 Å². The highest BCUT2D eigenvalue weighted by Gasteiger charge is 2.40. The molecule has 0 bridgehead atoms. The number of amides is 3. The zero-order valence-electron chi connectivity index (χ0n) is 19.4. The molecule has 0 saturated carbocycles. The topological polar surface area (TPSA) is 113 Å². The molecule has 0 aliphatic carbocycles. The predicted octanol–water partition coefficient (Wildman–Crippen LogP) is 2.63. The molecule has 0 radical (unpaired) electrons. The quantitative estimate of drug-likeness (QED) is 0.559. The Morgan fingerprint density at radius 1 is 1.11 bits per heavy atom. The number of urea groups is 1. The summed E-state index contributed by atoms with van der Waals surface area (Å²) >= 11 is 5.94. The standard InChI is InChI=1S/C25H31ClN4O5/c26-18-1-3-19(4-2-18)29-25(33)30-14-20(31)15-34-16-23-22(30)6-5-21(35-23)13-24(32)28-12-9-17-7-10-27-11-8-17/h1-4,7-8,10-11,20-23,31H,5-6,9,12-16H2,(H,28,32)(H,29,33)/t20-,21-,22-,23+/m0/s1. The van der Waals surface area contributed by atoms with Crippen LogP contribution in [-0.4, -0.2) is 77.6 Å². The number of hydrogen-bond donors (Lipinski definition) is 3. The van der Waals surface area contributed by atoms with Crippen molar-refractivity contribution in [2.75, 3.05) is 31.6 Å². The minimum Gasteiger partial charge on any atom is -0.389 e. The number of aliphatic hydroxyl groups is 1. The minimum absolute atomic E-state index is 0.0676. The number of β-amino-alcohol motifs (C(OH)–C–C–N with tert-alkyl or cyclic N) is 1. The van der Waals surface area contributed by atoms with Crippen molar-refractivity contribution in [3.05, 3.63) is 59.4 Å². The summed E-state index contributed by atoms with van der Waals surface area (Å²) in [4.78, 5) is 31.2. The molecule has 4 rings (SSSR count). The SMILES string of the molecule is O=C(C[C@@H]1CC[C@H]2[C@@H](COC[C@@H](O)CN2C(=O)Nc2ccc(Cl)cc2)O1)NCCc1ccncc1. The molecule has 1 aromatic carbocycles. The van der Waals surface area contributed by atoms with Crippen molar-refractivity contribution in [1.29, 1.82) is 0 Å². The molecule has 3 amide bonds. The number of nitrogens with zero attached hydrogens (tertiary/aromatic N) is 2. The van der Waals surface area contributed by atoms with E-state index in [2.05, 4.69) is 15.6 Å². The molecule has 3 heterocycles. The fourth-order valence-electron chi connectivity index (χ4n) is 4.48. The lowest BCUT2D eigenvalue weighted by atomic mass is 9.95. The number of nitrogens with one attached hydrogen (secondary N) is 2. The van der Waals surface area contributed by atoms with Crippen LogP contribution < -0.4 is 10.6 Å². The number of carbonyl (C=O) groups excluding carboxylic acids is 2. The van der Waals surface area contributed by atoms with Gasteiger partial charge in [-0.05, 0) is 61.2 Å². The second-order valence-electron chi connectivity index (χ2n) is 8.88.